The molecule has 0 unspecified atom stereocenters. The zero-order valence-electron chi connectivity index (χ0n) is 14.8. The number of sulfone groups is 1. The highest BCUT2D eigenvalue weighted by atomic mass is 32.2. The van der Waals surface area contributed by atoms with E-state index < -0.39 is 9.84 Å². The molecule has 0 aromatic carbocycles. The molecule has 8 heteroatoms. The van der Waals surface area contributed by atoms with Gasteiger partial charge in [0, 0.05) is 31.7 Å². The van der Waals surface area contributed by atoms with Crippen molar-refractivity contribution in [2.24, 2.45) is 0 Å². The van der Waals surface area contributed by atoms with E-state index >= 15 is 0 Å². The average Bonchev–Trinajstić information content (AvgIpc) is 3.14. The number of piperazine rings is 1. The summed E-state index contributed by atoms with van der Waals surface area (Å²) >= 11 is 0. The summed E-state index contributed by atoms with van der Waals surface area (Å²) in [5.74, 6) is 0.266. The zero-order chi connectivity index (χ0) is 18.2. The minimum atomic E-state index is -3.16. The van der Waals surface area contributed by atoms with Gasteiger partial charge in [0.15, 0.2) is 15.6 Å². The van der Waals surface area contributed by atoms with Gasteiger partial charge in [0.1, 0.15) is 0 Å². The lowest BCUT2D eigenvalue weighted by molar-refractivity contribution is 0.0338. The SMILES string of the molecule is COc1ccc(C(=O)N2CCN(CC=C(C)C)[C@@H]3CS(=O)(=O)C[C@@H]32)o1. The smallest absolute Gasteiger partial charge is 0.290 e. The first-order valence-corrected chi connectivity index (χ1v) is 10.2. The van der Waals surface area contributed by atoms with Crippen molar-refractivity contribution in [2.45, 2.75) is 25.9 Å². The first-order valence-electron chi connectivity index (χ1n) is 8.33. The highest BCUT2D eigenvalue weighted by Crippen LogP contribution is 2.29. The highest BCUT2D eigenvalue weighted by Gasteiger charge is 2.48. The maximum absolute atomic E-state index is 12.8. The van der Waals surface area contributed by atoms with Crippen LogP contribution in [0.5, 0.6) is 5.95 Å². The predicted octanol–water partition coefficient (Wildman–Crippen LogP) is 1.18. The Morgan fingerprint density at radius 2 is 2.00 bits per heavy atom. The molecule has 2 aliphatic rings. The van der Waals surface area contributed by atoms with Crippen LogP contribution in [0.3, 0.4) is 0 Å². The number of fused-ring (bicyclic) bond motifs is 1. The van der Waals surface area contributed by atoms with E-state index in [4.69, 9.17) is 9.15 Å². The summed E-state index contributed by atoms with van der Waals surface area (Å²) in [7, 11) is -1.69. The van der Waals surface area contributed by atoms with Crippen LogP contribution in [0.1, 0.15) is 24.4 Å². The van der Waals surface area contributed by atoms with Crippen LogP contribution in [-0.2, 0) is 9.84 Å². The normalized spacial score (nSPS) is 25.5. The maximum atomic E-state index is 12.8. The van der Waals surface area contributed by atoms with Crippen LogP contribution in [0.15, 0.2) is 28.2 Å². The van der Waals surface area contributed by atoms with Crippen molar-refractivity contribution in [1.82, 2.24) is 9.80 Å². The molecule has 0 spiro atoms. The molecule has 2 fully saturated rings. The Kier molecular flexibility index (Phi) is 4.92. The van der Waals surface area contributed by atoms with Gasteiger partial charge in [-0.1, -0.05) is 11.6 Å². The molecule has 25 heavy (non-hydrogen) atoms. The summed E-state index contributed by atoms with van der Waals surface area (Å²) in [6, 6.07) is 2.64. The monoisotopic (exact) mass is 368 g/mol. The molecule has 7 nitrogen and oxygen atoms in total. The minimum absolute atomic E-state index is 0.00652. The van der Waals surface area contributed by atoms with E-state index in [1.807, 2.05) is 13.8 Å². The Morgan fingerprint density at radius 1 is 1.28 bits per heavy atom. The molecular weight excluding hydrogens is 344 g/mol. The van der Waals surface area contributed by atoms with E-state index in [-0.39, 0.29) is 41.2 Å². The van der Waals surface area contributed by atoms with Crippen LogP contribution < -0.4 is 4.74 Å². The first-order chi connectivity index (χ1) is 11.8. The lowest BCUT2D eigenvalue weighted by Gasteiger charge is -2.43. The molecule has 1 aromatic heterocycles. The number of carbonyl (C=O) groups excluding carboxylic acids is 1. The van der Waals surface area contributed by atoms with Crippen LogP contribution in [0, 0.1) is 0 Å². The lowest BCUT2D eigenvalue weighted by atomic mass is 10.0. The zero-order valence-corrected chi connectivity index (χ0v) is 15.6. The molecule has 1 aromatic rings. The molecule has 3 rings (SSSR count). The third-order valence-corrected chi connectivity index (χ3v) is 6.48. The van der Waals surface area contributed by atoms with Crippen molar-refractivity contribution in [2.75, 3.05) is 38.2 Å². The summed E-state index contributed by atoms with van der Waals surface area (Å²) in [4.78, 5) is 16.6. The largest absolute Gasteiger partial charge is 0.468 e. The number of ether oxygens (including phenoxy) is 1. The van der Waals surface area contributed by atoms with Gasteiger partial charge in [-0.25, -0.2) is 8.42 Å². The quantitative estimate of drug-likeness (QED) is 0.743. The summed E-state index contributed by atoms with van der Waals surface area (Å²) in [6.45, 7) is 5.87. The summed E-state index contributed by atoms with van der Waals surface area (Å²) < 4.78 is 34.8. The summed E-state index contributed by atoms with van der Waals surface area (Å²) in [5, 5.41) is 0. The molecule has 0 radical (unpaired) electrons. The molecule has 0 bridgehead atoms. The Balaban J connectivity index is 1.83. The molecule has 0 aliphatic carbocycles. The maximum Gasteiger partial charge on any atom is 0.290 e. The minimum Gasteiger partial charge on any atom is -0.468 e. The Hall–Kier alpha value is -1.80. The van der Waals surface area contributed by atoms with Gasteiger partial charge in [0.2, 0.25) is 0 Å². The van der Waals surface area contributed by atoms with Gasteiger partial charge in [-0.05, 0) is 19.9 Å². The van der Waals surface area contributed by atoms with Crippen molar-refractivity contribution in [3.8, 4) is 5.95 Å². The second-order valence-electron chi connectivity index (χ2n) is 6.81. The van der Waals surface area contributed by atoms with Gasteiger partial charge < -0.3 is 14.1 Å². The van der Waals surface area contributed by atoms with Crippen LogP contribution in [-0.4, -0.2) is 74.5 Å². The van der Waals surface area contributed by atoms with E-state index in [1.165, 1.54) is 12.7 Å². The number of methoxy groups -OCH3 is 1. The molecule has 2 aliphatic heterocycles. The second-order valence-corrected chi connectivity index (χ2v) is 8.96. The predicted molar refractivity (Wildman–Crippen MR) is 93.5 cm³/mol. The fraction of sp³-hybridized carbons (Fsp3) is 0.588. The van der Waals surface area contributed by atoms with Crippen molar-refractivity contribution in [1.29, 1.82) is 0 Å². The molecule has 1 amide bonds. The van der Waals surface area contributed by atoms with E-state index in [0.29, 0.717) is 19.6 Å². The van der Waals surface area contributed by atoms with E-state index in [1.54, 1.807) is 17.0 Å². The Labute approximate surface area is 148 Å². The third-order valence-electron chi connectivity index (χ3n) is 4.78. The van der Waals surface area contributed by atoms with Crippen molar-refractivity contribution in [3.05, 3.63) is 29.5 Å². The van der Waals surface area contributed by atoms with Crippen molar-refractivity contribution >= 4 is 15.7 Å². The molecule has 0 N–H and O–H groups in total. The van der Waals surface area contributed by atoms with Gasteiger partial charge in [-0.15, -0.1) is 0 Å². The fourth-order valence-corrected chi connectivity index (χ4v) is 5.50. The van der Waals surface area contributed by atoms with Crippen molar-refractivity contribution < 1.29 is 22.4 Å². The number of amides is 1. The Morgan fingerprint density at radius 3 is 2.64 bits per heavy atom. The molecule has 2 atom stereocenters. The van der Waals surface area contributed by atoms with Crippen LogP contribution in [0.2, 0.25) is 0 Å². The molecule has 0 saturated carbocycles. The van der Waals surface area contributed by atoms with E-state index in [0.717, 1.165) is 0 Å². The standard InChI is InChI=1S/C17H24N2O5S/c1-12(2)6-7-18-8-9-19(14-11-25(21,22)10-13(14)18)17(20)15-4-5-16(23-3)24-15/h4-6,13-14H,7-11H2,1-3H3/t13-,14+/m1/s1. The second kappa shape index (κ2) is 6.84. The van der Waals surface area contributed by atoms with Gasteiger partial charge in [0.05, 0.1) is 24.7 Å². The molecule has 2 saturated heterocycles. The molecule has 3 heterocycles. The number of rotatable bonds is 4. The average molecular weight is 368 g/mol. The van der Waals surface area contributed by atoms with Gasteiger partial charge in [-0.2, -0.15) is 0 Å². The fourth-order valence-electron chi connectivity index (χ4n) is 3.49. The van der Waals surface area contributed by atoms with Gasteiger partial charge >= 0.3 is 0 Å². The number of carbonyl (C=O) groups is 1. The third kappa shape index (κ3) is 3.74. The first kappa shape index (κ1) is 18.0. The Bertz CT molecular complexity index is 779. The molecule has 138 valence electrons. The van der Waals surface area contributed by atoms with Crippen molar-refractivity contribution in [3.63, 3.8) is 0 Å². The lowest BCUT2D eigenvalue weighted by Crippen LogP contribution is -2.60. The summed E-state index contributed by atoms with van der Waals surface area (Å²) in [6.07, 6.45) is 2.09. The van der Waals surface area contributed by atoms with Gasteiger partial charge in [-0.3, -0.25) is 9.69 Å². The van der Waals surface area contributed by atoms with Crippen LogP contribution >= 0.6 is 0 Å². The van der Waals surface area contributed by atoms with E-state index in [9.17, 15) is 13.2 Å². The van der Waals surface area contributed by atoms with E-state index in [2.05, 4.69) is 11.0 Å². The number of furan rings is 1. The van der Waals surface area contributed by atoms with Gasteiger partial charge in [0.25, 0.3) is 11.9 Å². The number of hydrogen-bond donors (Lipinski definition) is 0. The molecular formula is C17H24N2O5S. The summed E-state index contributed by atoms with van der Waals surface area (Å²) in [5.41, 5.74) is 1.19. The van der Waals surface area contributed by atoms with Crippen LogP contribution in [0.4, 0.5) is 0 Å². The number of nitrogens with zero attached hydrogens (tertiary/aromatic N) is 2. The number of allylic oxidation sites excluding steroid dienone is 1. The topological polar surface area (TPSA) is 80.1 Å². The highest BCUT2D eigenvalue weighted by molar-refractivity contribution is 7.91. The van der Waals surface area contributed by atoms with Crippen LogP contribution in [0.25, 0.3) is 0 Å². The number of hydrogen-bond acceptors (Lipinski definition) is 6.